The summed E-state index contributed by atoms with van der Waals surface area (Å²) < 4.78 is 13.3. The molecule has 0 unspecified atom stereocenters. The van der Waals surface area contributed by atoms with Crippen molar-refractivity contribution in [2.24, 2.45) is 0 Å². The third-order valence-electron chi connectivity index (χ3n) is 2.21. The lowest BCUT2D eigenvalue weighted by Gasteiger charge is -2.21. The first-order chi connectivity index (χ1) is 8.63. The van der Waals surface area contributed by atoms with E-state index < -0.39 is 23.4 Å². The van der Waals surface area contributed by atoms with Gasteiger partial charge in [0, 0.05) is 4.47 Å². The first kappa shape index (κ1) is 15.7. The van der Waals surface area contributed by atoms with Crippen LogP contribution in [0.3, 0.4) is 0 Å². The van der Waals surface area contributed by atoms with E-state index in [2.05, 4.69) is 26.6 Å². The molecule has 0 aliphatic rings. The molecule has 0 saturated heterocycles. The fourth-order valence-corrected chi connectivity index (χ4v) is 2.04. The molecule has 0 spiro atoms. The van der Waals surface area contributed by atoms with Crippen molar-refractivity contribution in [3.05, 3.63) is 27.4 Å². The zero-order valence-corrected chi connectivity index (χ0v) is 12.4. The van der Waals surface area contributed by atoms with Crippen molar-refractivity contribution in [1.29, 1.82) is 0 Å². The second-order valence-corrected chi connectivity index (χ2v) is 5.52. The monoisotopic (exact) mass is 352 g/mol. The molecule has 1 rings (SSSR count). The molecule has 2 amide bonds. The molecule has 0 aromatic heterocycles. The Hall–Kier alpha value is -1.34. The van der Waals surface area contributed by atoms with E-state index in [-0.39, 0.29) is 15.2 Å². The van der Waals surface area contributed by atoms with Crippen LogP contribution in [0.1, 0.15) is 13.8 Å². The number of carbonyl (C=O) groups excluding carboxylic acids is 1. The van der Waals surface area contributed by atoms with Crippen LogP contribution < -0.4 is 10.6 Å². The molecule has 3 N–H and O–H groups in total. The smallest absolute Gasteiger partial charge is 0.328 e. The number of carboxylic acid groups (broad SMARTS) is 1. The summed E-state index contributed by atoms with van der Waals surface area (Å²) in [7, 11) is 0. The maximum atomic E-state index is 13.0. The van der Waals surface area contributed by atoms with Crippen LogP contribution in [0.4, 0.5) is 14.9 Å². The predicted molar refractivity (Wildman–Crippen MR) is 73.0 cm³/mol. The van der Waals surface area contributed by atoms with E-state index in [9.17, 15) is 14.0 Å². The number of hydrogen-bond donors (Lipinski definition) is 3. The minimum Gasteiger partial charge on any atom is -0.480 e. The first-order valence-corrected chi connectivity index (χ1v) is 6.27. The molecular weight excluding hydrogens is 342 g/mol. The topological polar surface area (TPSA) is 78.4 Å². The van der Waals surface area contributed by atoms with Gasteiger partial charge in [0.25, 0.3) is 0 Å². The summed E-state index contributed by atoms with van der Waals surface area (Å²) >= 11 is 8.84. The van der Waals surface area contributed by atoms with Gasteiger partial charge in [0.15, 0.2) is 0 Å². The normalized spacial score (nSPS) is 11.0. The van der Waals surface area contributed by atoms with Gasteiger partial charge in [-0.15, -0.1) is 0 Å². The standard InChI is InChI=1S/C11H11BrClFN2O3/c1-11(2,9(17)18)16-10(19)15-8-6(12)3-5(14)4-7(8)13/h3-4H,1-2H3,(H,17,18)(H2,15,16,19). The van der Waals surface area contributed by atoms with Crippen LogP contribution in [0.5, 0.6) is 0 Å². The molecule has 0 aliphatic carbocycles. The van der Waals surface area contributed by atoms with Crippen LogP contribution in [0.2, 0.25) is 5.02 Å². The first-order valence-electron chi connectivity index (χ1n) is 5.10. The molecule has 0 atom stereocenters. The number of benzene rings is 1. The second-order valence-electron chi connectivity index (χ2n) is 4.25. The van der Waals surface area contributed by atoms with Crippen molar-refractivity contribution in [1.82, 2.24) is 5.32 Å². The van der Waals surface area contributed by atoms with Crippen LogP contribution in [0.15, 0.2) is 16.6 Å². The average Bonchev–Trinajstić information content (AvgIpc) is 2.22. The van der Waals surface area contributed by atoms with E-state index in [1.807, 2.05) is 0 Å². The lowest BCUT2D eigenvalue weighted by atomic mass is 10.1. The number of carbonyl (C=O) groups is 2. The van der Waals surface area contributed by atoms with Crippen LogP contribution in [0.25, 0.3) is 0 Å². The summed E-state index contributed by atoms with van der Waals surface area (Å²) in [5, 5.41) is 13.5. The highest BCUT2D eigenvalue weighted by atomic mass is 79.9. The number of halogens is 3. The Morgan fingerprint density at radius 1 is 1.42 bits per heavy atom. The minimum absolute atomic E-state index is 0.00449. The van der Waals surface area contributed by atoms with Crippen LogP contribution in [-0.2, 0) is 4.79 Å². The van der Waals surface area contributed by atoms with Crippen molar-refractivity contribution < 1.29 is 19.1 Å². The third-order valence-corrected chi connectivity index (χ3v) is 3.13. The predicted octanol–water partition coefficient (Wildman–Crippen LogP) is 3.23. The van der Waals surface area contributed by atoms with Gasteiger partial charge in [-0.1, -0.05) is 11.6 Å². The minimum atomic E-state index is -1.44. The Morgan fingerprint density at radius 3 is 2.47 bits per heavy atom. The molecule has 104 valence electrons. The van der Waals surface area contributed by atoms with E-state index in [4.69, 9.17) is 16.7 Å². The van der Waals surface area contributed by atoms with E-state index in [1.165, 1.54) is 13.8 Å². The third kappa shape index (κ3) is 4.07. The largest absolute Gasteiger partial charge is 0.480 e. The highest BCUT2D eigenvalue weighted by Crippen LogP contribution is 2.31. The van der Waals surface area contributed by atoms with E-state index in [0.717, 1.165) is 12.1 Å². The zero-order chi connectivity index (χ0) is 14.8. The fraction of sp³-hybridized carbons (Fsp3) is 0.273. The van der Waals surface area contributed by atoms with Crippen molar-refractivity contribution >= 4 is 45.2 Å². The lowest BCUT2D eigenvalue weighted by Crippen LogP contribution is -2.51. The number of urea groups is 1. The molecule has 19 heavy (non-hydrogen) atoms. The van der Waals surface area contributed by atoms with Crippen molar-refractivity contribution in [3.63, 3.8) is 0 Å². The highest BCUT2D eigenvalue weighted by molar-refractivity contribution is 9.10. The Morgan fingerprint density at radius 2 is 2.00 bits per heavy atom. The van der Waals surface area contributed by atoms with Gasteiger partial charge in [-0.25, -0.2) is 14.0 Å². The van der Waals surface area contributed by atoms with E-state index in [1.54, 1.807) is 0 Å². The van der Waals surface area contributed by atoms with Gasteiger partial charge >= 0.3 is 12.0 Å². The molecular formula is C11H11BrClFN2O3. The number of rotatable bonds is 3. The SMILES string of the molecule is CC(C)(NC(=O)Nc1c(Cl)cc(F)cc1Br)C(=O)O. The number of nitrogens with one attached hydrogen (secondary N) is 2. The lowest BCUT2D eigenvalue weighted by molar-refractivity contribution is -0.142. The molecule has 0 heterocycles. The number of aliphatic carboxylic acids is 1. The van der Waals surface area contributed by atoms with Gasteiger partial charge < -0.3 is 15.7 Å². The zero-order valence-electron chi connectivity index (χ0n) is 10.1. The summed E-state index contributed by atoms with van der Waals surface area (Å²) in [5.41, 5.74) is -1.29. The van der Waals surface area contributed by atoms with E-state index in [0.29, 0.717) is 0 Å². The molecule has 0 aliphatic heterocycles. The van der Waals surface area contributed by atoms with Crippen molar-refractivity contribution in [3.8, 4) is 0 Å². The summed E-state index contributed by atoms with van der Waals surface area (Å²) in [6.07, 6.45) is 0. The highest BCUT2D eigenvalue weighted by Gasteiger charge is 2.29. The van der Waals surface area contributed by atoms with Gasteiger partial charge in [-0.05, 0) is 41.9 Å². The molecule has 1 aromatic rings. The van der Waals surface area contributed by atoms with Gasteiger partial charge in [0.05, 0.1) is 10.7 Å². The number of anilines is 1. The molecule has 0 radical (unpaired) electrons. The number of amides is 2. The number of hydrogen-bond acceptors (Lipinski definition) is 2. The van der Waals surface area contributed by atoms with Gasteiger partial charge in [-0.3, -0.25) is 0 Å². The summed E-state index contributed by atoms with van der Waals surface area (Å²) in [6, 6.07) is 1.40. The molecule has 0 saturated carbocycles. The van der Waals surface area contributed by atoms with Gasteiger partial charge in [0.2, 0.25) is 0 Å². The molecule has 0 fully saturated rings. The van der Waals surface area contributed by atoms with Crippen molar-refractivity contribution in [2.45, 2.75) is 19.4 Å². The molecule has 0 bridgehead atoms. The molecule has 8 heteroatoms. The van der Waals surface area contributed by atoms with Gasteiger partial charge in [0.1, 0.15) is 11.4 Å². The van der Waals surface area contributed by atoms with Crippen LogP contribution in [0, 0.1) is 5.82 Å². The Bertz CT molecular complexity index is 514. The summed E-state index contributed by atoms with van der Waals surface area (Å²) in [4.78, 5) is 22.5. The summed E-state index contributed by atoms with van der Waals surface area (Å²) in [6.45, 7) is 2.66. The maximum Gasteiger partial charge on any atom is 0.328 e. The van der Waals surface area contributed by atoms with Crippen LogP contribution >= 0.6 is 27.5 Å². The Labute approximate surface area is 122 Å². The quantitative estimate of drug-likeness (QED) is 0.780. The van der Waals surface area contributed by atoms with Gasteiger partial charge in [-0.2, -0.15) is 0 Å². The van der Waals surface area contributed by atoms with E-state index >= 15 is 0 Å². The molecule has 5 nitrogen and oxygen atoms in total. The summed E-state index contributed by atoms with van der Waals surface area (Å²) in [5.74, 6) is -1.75. The Kier molecular flexibility index (Phi) is 4.75. The second kappa shape index (κ2) is 5.75. The fourth-order valence-electron chi connectivity index (χ4n) is 1.14. The van der Waals surface area contributed by atoms with Crippen LogP contribution in [-0.4, -0.2) is 22.6 Å². The van der Waals surface area contributed by atoms with Crippen molar-refractivity contribution in [2.75, 3.05) is 5.32 Å². The maximum absolute atomic E-state index is 13.0. The molecule has 1 aromatic carbocycles. The average molecular weight is 354 g/mol. The Balaban J connectivity index is 2.87. The number of carboxylic acids is 1.